The Balaban J connectivity index is 1.33. The Morgan fingerprint density at radius 1 is 1.00 bits per heavy atom. The minimum atomic E-state index is -0.948. The van der Waals surface area contributed by atoms with Gasteiger partial charge in [-0.25, -0.2) is 4.39 Å². The molecule has 1 unspecified atom stereocenters. The SMILES string of the molecule is C[C@]12CC[C@H]3[C@@H](CCC4[C@H](F)/C(=N/O[C@@H]5CCNC5)CC[C@@]43C)[C@@H]1CC[C@@H]2O. The minimum absolute atomic E-state index is 0.0745. The molecular weight excluding hydrogens is 355 g/mol. The Labute approximate surface area is 168 Å². The molecule has 1 aliphatic heterocycles. The minimum Gasteiger partial charge on any atom is -0.393 e. The zero-order valence-corrected chi connectivity index (χ0v) is 17.5. The van der Waals surface area contributed by atoms with Gasteiger partial charge in [-0.3, -0.25) is 0 Å². The summed E-state index contributed by atoms with van der Waals surface area (Å²) in [6.45, 7) is 6.48. The lowest BCUT2D eigenvalue weighted by molar-refractivity contribution is -0.123. The van der Waals surface area contributed by atoms with Gasteiger partial charge in [0.15, 0.2) is 0 Å². The van der Waals surface area contributed by atoms with E-state index in [1.54, 1.807) is 0 Å². The van der Waals surface area contributed by atoms with Crippen molar-refractivity contribution in [3.05, 3.63) is 0 Å². The molecular formula is C23H37FN2O2. The van der Waals surface area contributed by atoms with Crippen molar-refractivity contribution in [2.24, 2.45) is 39.7 Å². The second-order valence-electron chi connectivity index (χ2n) is 10.9. The summed E-state index contributed by atoms with van der Waals surface area (Å²) in [5, 5.41) is 18.2. The quantitative estimate of drug-likeness (QED) is 0.697. The Bertz CT molecular complexity index is 636. The van der Waals surface area contributed by atoms with Crippen molar-refractivity contribution < 1.29 is 14.3 Å². The molecule has 5 fully saturated rings. The van der Waals surface area contributed by atoms with Crippen LogP contribution < -0.4 is 5.32 Å². The maximum atomic E-state index is 15.6. The molecule has 1 heterocycles. The second kappa shape index (κ2) is 6.94. The largest absolute Gasteiger partial charge is 0.393 e. The Morgan fingerprint density at radius 3 is 2.57 bits per heavy atom. The lowest BCUT2D eigenvalue weighted by atomic mass is 9.45. The molecule has 158 valence electrons. The third-order valence-corrected chi connectivity index (χ3v) is 9.82. The average Bonchev–Trinajstić information content (AvgIpc) is 3.29. The third kappa shape index (κ3) is 2.79. The zero-order valence-electron chi connectivity index (χ0n) is 17.5. The highest BCUT2D eigenvalue weighted by atomic mass is 19.1. The van der Waals surface area contributed by atoms with Gasteiger partial charge in [-0.15, -0.1) is 0 Å². The Hall–Kier alpha value is -0.680. The number of oxime groups is 1. The summed E-state index contributed by atoms with van der Waals surface area (Å²) < 4.78 is 15.6. The highest BCUT2D eigenvalue weighted by molar-refractivity contribution is 5.89. The number of nitrogens with zero attached hydrogens (tertiary/aromatic N) is 1. The van der Waals surface area contributed by atoms with E-state index in [-0.39, 0.29) is 29.0 Å². The van der Waals surface area contributed by atoms with Crippen molar-refractivity contribution in [3.63, 3.8) is 0 Å². The summed E-state index contributed by atoms with van der Waals surface area (Å²) in [5.74, 6) is 1.99. The molecule has 4 nitrogen and oxygen atoms in total. The van der Waals surface area contributed by atoms with Crippen molar-refractivity contribution in [2.75, 3.05) is 13.1 Å². The summed E-state index contributed by atoms with van der Waals surface area (Å²) in [5.41, 5.74) is 0.833. The third-order valence-electron chi connectivity index (χ3n) is 9.82. The van der Waals surface area contributed by atoms with Crippen LogP contribution in [0.25, 0.3) is 0 Å². The van der Waals surface area contributed by atoms with Gasteiger partial charge in [0.1, 0.15) is 12.3 Å². The molecule has 5 rings (SSSR count). The van der Waals surface area contributed by atoms with Crippen LogP contribution in [0.15, 0.2) is 5.16 Å². The van der Waals surface area contributed by atoms with Crippen LogP contribution >= 0.6 is 0 Å². The van der Waals surface area contributed by atoms with Gasteiger partial charge in [-0.1, -0.05) is 19.0 Å². The van der Waals surface area contributed by atoms with Gasteiger partial charge in [-0.05, 0) is 86.5 Å². The Morgan fingerprint density at radius 2 is 1.79 bits per heavy atom. The van der Waals surface area contributed by atoms with Crippen LogP contribution in [0, 0.1) is 34.5 Å². The first-order chi connectivity index (χ1) is 13.4. The first kappa shape index (κ1) is 19.3. The first-order valence-corrected chi connectivity index (χ1v) is 11.7. The van der Waals surface area contributed by atoms with E-state index in [1.807, 2.05) is 0 Å². The topological polar surface area (TPSA) is 53.8 Å². The van der Waals surface area contributed by atoms with Crippen LogP contribution in [0.3, 0.4) is 0 Å². The molecule has 0 spiro atoms. The number of nitrogens with one attached hydrogen (secondary N) is 1. The molecule has 0 bridgehead atoms. The summed E-state index contributed by atoms with van der Waals surface area (Å²) >= 11 is 0. The van der Waals surface area contributed by atoms with Crippen molar-refractivity contribution in [3.8, 4) is 0 Å². The van der Waals surface area contributed by atoms with Gasteiger partial charge in [0.05, 0.1) is 11.8 Å². The van der Waals surface area contributed by atoms with Gasteiger partial charge >= 0.3 is 0 Å². The fourth-order valence-corrected chi connectivity index (χ4v) is 8.03. The highest BCUT2D eigenvalue weighted by Crippen LogP contribution is 2.66. The molecule has 1 saturated heterocycles. The predicted octanol–water partition coefficient (Wildman–Crippen LogP) is 4.07. The number of aliphatic hydroxyl groups is 1. The van der Waals surface area contributed by atoms with Crippen LogP contribution in [-0.4, -0.2) is 42.3 Å². The van der Waals surface area contributed by atoms with Crippen molar-refractivity contribution in [2.45, 2.75) is 90.0 Å². The molecule has 0 aromatic carbocycles. The van der Waals surface area contributed by atoms with Gasteiger partial charge in [0, 0.05) is 18.9 Å². The van der Waals surface area contributed by atoms with Crippen LogP contribution in [0.4, 0.5) is 4.39 Å². The van der Waals surface area contributed by atoms with Crippen LogP contribution in [0.5, 0.6) is 0 Å². The van der Waals surface area contributed by atoms with Crippen molar-refractivity contribution >= 4 is 5.71 Å². The number of fused-ring (bicyclic) bond motifs is 5. The summed E-state index contributed by atoms with van der Waals surface area (Å²) in [6, 6.07) is 0. The van der Waals surface area contributed by atoms with E-state index >= 15 is 4.39 Å². The fourth-order valence-electron chi connectivity index (χ4n) is 8.03. The number of hydrogen-bond acceptors (Lipinski definition) is 4. The van der Waals surface area contributed by atoms with E-state index in [9.17, 15) is 5.11 Å². The highest BCUT2D eigenvalue weighted by Gasteiger charge is 2.61. The van der Waals surface area contributed by atoms with Gasteiger partial charge in [0.25, 0.3) is 0 Å². The van der Waals surface area contributed by atoms with Crippen molar-refractivity contribution in [1.29, 1.82) is 0 Å². The molecule has 0 radical (unpaired) electrons. The molecule has 9 atom stereocenters. The lowest BCUT2D eigenvalue weighted by Gasteiger charge is -2.60. The smallest absolute Gasteiger partial charge is 0.145 e. The molecule has 5 heteroatoms. The van der Waals surface area contributed by atoms with E-state index in [2.05, 4.69) is 24.3 Å². The van der Waals surface area contributed by atoms with Gasteiger partial charge < -0.3 is 15.3 Å². The molecule has 4 aliphatic carbocycles. The van der Waals surface area contributed by atoms with Crippen LogP contribution in [-0.2, 0) is 4.84 Å². The van der Waals surface area contributed by atoms with E-state index in [1.165, 1.54) is 0 Å². The standard InChI is InChI=1S/C23H37FN2O2/c1-22-11-8-19(26-28-14-9-12-25-13-14)21(24)18(22)4-3-15-16-5-6-20(27)23(16,2)10-7-17(15)22/h14-18,20-21,25,27H,3-13H2,1-2H3/b26-19+/t14-,15+,16+,17+,18?,20+,21+,22-,23+/m1/s1. The maximum Gasteiger partial charge on any atom is 0.145 e. The van der Waals surface area contributed by atoms with Gasteiger partial charge in [0.2, 0.25) is 0 Å². The summed E-state index contributed by atoms with van der Waals surface area (Å²) in [6.07, 6.45) is 8.24. The monoisotopic (exact) mass is 392 g/mol. The normalized spacial score (nSPS) is 54.9. The molecule has 0 aromatic heterocycles. The van der Waals surface area contributed by atoms with Crippen LogP contribution in [0.2, 0.25) is 0 Å². The number of alkyl halides is 1. The van der Waals surface area contributed by atoms with E-state index in [0.29, 0.717) is 23.5 Å². The molecule has 2 N–H and O–H groups in total. The van der Waals surface area contributed by atoms with E-state index < -0.39 is 6.17 Å². The van der Waals surface area contributed by atoms with E-state index in [4.69, 9.17) is 4.84 Å². The molecule has 5 aliphatic rings. The molecule has 4 saturated carbocycles. The second-order valence-corrected chi connectivity index (χ2v) is 10.9. The molecule has 28 heavy (non-hydrogen) atoms. The van der Waals surface area contributed by atoms with Gasteiger partial charge in [-0.2, -0.15) is 0 Å². The maximum absolute atomic E-state index is 15.6. The Kier molecular flexibility index (Phi) is 4.78. The van der Waals surface area contributed by atoms with Crippen molar-refractivity contribution in [1.82, 2.24) is 5.32 Å². The number of aliphatic hydroxyl groups excluding tert-OH is 1. The number of hydrogen-bond donors (Lipinski definition) is 2. The molecule has 0 aromatic rings. The number of halogens is 1. The van der Waals surface area contributed by atoms with Crippen LogP contribution in [0.1, 0.15) is 71.6 Å². The zero-order chi connectivity index (χ0) is 19.5. The first-order valence-electron chi connectivity index (χ1n) is 11.7. The predicted molar refractivity (Wildman–Crippen MR) is 108 cm³/mol. The lowest BCUT2D eigenvalue weighted by Crippen LogP contribution is -2.57. The number of rotatable bonds is 2. The summed E-state index contributed by atoms with van der Waals surface area (Å²) in [7, 11) is 0. The average molecular weight is 393 g/mol. The molecule has 0 amide bonds. The fraction of sp³-hybridized carbons (Fsp3) is 0.957. The van der Waals surface area contributed by atoms with E-state index in [0.717, 1.165) is 70.9 Å². The summed E-state index contributed by atoms with van der Waals surface area (Å²) in [4.78, 5) is 5.67.